The molecule has 0 saturated heterocycles. The van der Waals surface area contributed by atoms with E-state index in [0.717, 1.165) is 6.42 Å². The van der Waals surface area contributed by atoms with E-state index >= 15 is 0 Å². The predicted octanol–water partition coefficient (Wildman–Crippen LogP) is 0.940. The normalized spacial score (nSPS) is 12.7. The Morgan fingerprint density at radius 3 is 2.33 bits per heavy atom. The van der Waals surface area contributed by atoms with Crippen molar-refractivity contribution in [2.45, 2.75) is 31.2 Å². The van der Waals surface area contributed by atoms with Crippen LogP contribution in [0.4, 0.5) is 0 Å². The number of benzene rings is 1. The molecule has 0 aliphatic rings. The lowest BCUT2D eigenvalue weighted by Gasteiger charge is -2.14. The average Bonchev–Trinajstić information content (AvgIpc) is 2.58. The lowest BCUT2D eigenvalue weighted by molar-refractivity contribution is -0.124. The highest BCUT2D eigenvalue weighted by atomic mass is 32.2. The van der Waals surface area contributed by atoms with Crippen molar-refractivity contribution < 1.29 is 27.6 Å². The van der Waals surface area contributed by atoms with Gasteiger partial charge in [-0.15, -0.1) is 0 Å². The zero-order valence-electron chi connectivity index (χ0n) is 14.1. The molecule has 9 heteroatoms. The number of rotatable bonds is 8. The van der Waals surface area contributed by atoms with Crippen LogP contribution in [0.25, 0.3) is 0 Å². The van der Waals surface area contributed by atoms with Crippen molar-refractivity contribution in [1.29, 1.82) is 0 Å². The predicted molar refractivity (Wildman–Crippen MR) is 86.6 cm³/mol. The third-order valence-corrected chi connectivity index (χ3v) is 5.03. The van der Waals surface area contributed by atoms with Gasteiger partial charge in [0.15, 0.2) is 6.61 Å². The minimum atomic E-state index is -3.78. The Labute approximate surface area is 141 Å². The van der Waals surface area contributed by atoms with Gasteiger partial charge in [-0.2, -0.15) is 0 Å². The summed E-state index contributed by atoms with van der Waals surface area (Å²) >= 11 is 0. The van der Waals surface area contributed by atoms with E-state index in [0.29, 0.717) is 4.47 Å². The first-order chi connectivity index (χ1) is 11.2. The first-order valence-electron chi connectivity index (χ1n) is 7.32. The standard InChI is InChI=1S/C15H22N2O6S/c1-5-11(2)16-14(18)10-23-15(19)12-6-8-13(9-7-12)24(20,21)17(3)22-4/h6-9,11H,5,10H2,1-4H3,(H,16,18)/t11-/m1/s1. The van der Waals surface area contributed by atoms with Crippen molar-refractivity contribution in [1.82, 2.24) is 9.79 Å². The van der Waals surface area contributed by atoms with Crippen LogP contribution in [-0.2, 0) is 24.4 Å². The van der Waals surface area contributed by atoms with Crippen LogP contribution < -0.4 is 5.32 Å². The molecule has 1 amide bonds. The summed E-state index contributed by atoms with van der Waals surface area (Å²) in [5.41, 5.74) is 0.144. The van der Waals surface area contributed by atoms with E-state index in [1.165, 1.54) is 38.4 Å². The summed E-state index contributed by atoms with van der Waals surface area (Å²) < 4.78 is 29.6. The van der Waals surface area contributed by atoms with E-state index < -0.39 is 28.5 Å². The number of sulfonamides is 1. The van der Waals surface area contributed by atoms with Crippen molar-refractivity contribution in [3.8, 4) is 0 Å². The van der Waals surface area contributed by atoms with Gasteiger partial charge in [-0.1, -0.05) is 11.4 Å². The molecule has 0 spiro atoms. The highest BCUT2D eigenvalue weighted by Gasteiger charge is 2.21. The number of carbonyl (C=O) groups excluding carboxylic acids is 2. The van der Waals surface area contributed by atoms with Gasteiger partial charge in [0, 0.05) is 13.1 Å². The number of amides is 1. The summed E-state index contributed by atoms with van der Waals surface area (Å²) in [6.45, 7) is 3.37. The summed E-state index contributed by atoms with van der Waals surface area (Å²) in [5, 5.41) is 2.67. The summed E-state index contributed by atoms with van der Waals surface area (Å²) in [6, 6.07) is 5.15. The molecule has 24 heavy (non-hydrogen) atoms. The zero-order valence-corrected chi connectivity index (χ0v) is 14.9. The van der Waals surface area contributed by atoms with Crippen LogP contribution in [0.3, 0.4) is 0 Å². The van der Waals surface area contributed by atoms with Crippen LogP contribution in [0.1, 0.15) is 30.6 Å². The smallest absolute Gasteiger partial charge is 0.338 e. The molecule has 0 saturated carbocycles. The quantitative estimate of drug-likeness (QED) is 0.548. The monoisotopic (exact) mass is 358 g/mol. The summed E-state index contributed by atoms with van der Waals surface area (Å²) in [5.74, 6) is -1.10. The lowest BCUT2D eigenvalue weighted by Crippen LogP contribution is -2.35. The highest BCUT2D eigenvalue weighted by Crippen LogP contribution is 2.15. The number of carbonyl (C=O) groups is 2. The second kappa shape index (κ2) is 8.76. The summed E-state index contributed by atoms with van der Waals surface area (Å²) in [4.78, 5) is 28.1. The fraction of sp³-hybridized carbons (Fsp3) is 0.467. The molecule has 0 fully saturated rings. The van der Waals surface area contributed by atoms with E-state index in [1.807, 2.05) is 13.8 Å². The van der Waals surface area contributed by atoms with Crippen LogP contribution in [0.2, 0.25) is 0 Å². The fourth-order valence-corrected chi connectivity index (χ4v) is 2.62. The Bertz CT molecular complexity index is 672. The number of nitrogens with one attached hydrogen (secondary N) is 1. The van der Waals surface area contributed by atoms with E-state index in [2.05, 4.69) is 10.2 Å². The van der Waals surface area contributed by atoms with Crippen molar-refractivity contribution in [3.63, 3.8) is 0 Å². The maximum absolute atomic E-state index is 12.0. The van der Waals surface area contributed by atoms with Crippen molar-refractivity contribution in [3.05, 3.63) is 29.8 Å². The van der Waals surface area contributed by atoms with Gasteiger partial charge in [0.2, 0.25) is 0 Å². The molecule has 1 atom stereocenters. The van der Waals surface area contributed by atoms with Crippen LogP contribution in [-0.4, -0.2) is 51.6 Å². The Hall–Kier alpha value is -1.97. The van der Waals surface area contributed by atoms with Gasteiger partial charge in [-0.3, -0.25) is 9.63 Å². The largest absolute Gasteiger partial charge is 0.452 e. The van der Waals surface area contributed by atoms with Gasteiger partial charge in [0.05, 0.1) is 17.6 Å². The van der Waals surface area contributed by atoms with E-state index in [4.69, 9.17) is 4.74 Å². The Kier molecular flexibility index (Phi) is 7.33. The Balaban J connectivity index is 2.69. The molecule has 8 nitrogen and oxygen atoms in total. The molecule has 0 aliphatic carbocycles. The molecule has 134 valence electrons. The minimum Gasteiger partial charge on any atom is -0.452 e. The third kappa shape index (κ3) is 5.29. The molecule has 1 rings (SSSR count). The van der Waals surface area contributed by atoms with E-state index in [9.17, 15) is 18.0 Å². The van der Waals surface area contributed by atoms with Crippen molar-refractivity contribution >= 4 is 21.9 Å². The van der Waals surface area contributed by atoms with Crippen LogP contribution in [0, 0.1) is 0 Å². The molecular weight excluding hydrogens is 336 g/mol. The second-order valence-corrected chi connectivity index (χ2v) is 7.01. The SMILES string of the molecule is CC[C@@H](C)NC(=O)COC(=O)c1ccc(S(=O)(=O)N(C)OC)cc1. The highest BCUT2D eigenvalue weighted by molar-refractivity contribution is 7.89. The van der Waals surface area contributed by atoms with Gasteiger partial charge < -0.3 is 10.1 Å². The molecule has 0 aliphatic heterocycles. The number of ether oxygens (including phenoxy) is 1. The first kappa shape index (κ1) is 20.1. The maximum Gasteiger partial charge on any atom is 0.338 e. The number of esters is 1. The Morgan fingerprint density at radius 2 is 1.83 bits per heavy atom. The lowest BCUT2D eigenvalue weighted by atomic mass is 10.2. The topological polar surface area (TPSA) is 102 Å². The molecule has 1 aromatic carbocycles. The summed E-state index contributed by atoms with van der Waals surface area (Å²) in [7, 11) is -1.29. The van der Waals surface area contributed by atoms with E-state index in [-0.39, 0.29) is 16.5 Å². The van der Waals surface area contributed by atoms with Gasteiger partial charge >= 0.3 is 5.97 Å². The van der Waals surface area contributed by atoms with Crippen molar-refractivity contribution in [2.75, 3.05) is 20.8 Å². The molecule has 0 radical (unpaired) electrons. The second-order valence-electron chi connectivity index (χ2n) is 5.07. The number of nitrogens with zero attached hydrogens (tertiary/aromatic N) is 1. The molecule has 0 unspecified atom stereocenters. The number of hydrogen-bond donors (Lipinski definition) is 1. The molecule has 1 aromatic rings. The minimum absolute atomic E-state index is 0.00142. The fourth-order valence-electron chi connectivity index (χ4n) is 1.64. The molecular formula is C15H22N2O6S. The summed E-state index contributed by atoms with van der Waals surface area (Å²) in [6.07, 6.45) is 0.769. The Morgan fingerprint density at radius 1 is 1.25 bits per heavy atom. The maximum atomic E-state index is 12.0. The van der Waals surface area contributed by atoms with Gasteiger partial charge in [0.25, 0.3) is 15.9 Å². The van der Waals surface area contributed by atoms with Crippen LogP contribution >= 0.6 is 0 Å². The van der Waals surface area contributed by atoms with E-state index in [1.54, 1.807) is 0 Å². The van der Waals surface area contributed by atoms with Crippen LogP contribution in [0.15, 0.2) is 29.2 Å². The first-order valence-corrected chi connectivity index (χ1v) is 8.76. The average molecular weight is 358 g/mol. The molecule has 0 aromatic heterocycles. The number of hydrogen-bond acceptors (Lipinski definition) is 6. The zero-order chi connectivity index (χ0) is 18.3. The number of hydroxylamine groups is 1. The molecule has 0 bridgehead atoms. The molecule has 0 heterocycles. The molecule has 1 N–H and O–H groups in total. The van der Waals surface area contributed by atoms with Gasteiger partial charge in [-0.25, -0.2) is 13.2 Å². The third-order valence-electron chi connectivity index (χ3n) is 3.34. The van der Waals surface area contributed by atoms with Gasteiger partial charge in [0.1, 0.15) is 0 Å². The van der Waals surface area contributed by atoms with Crippen molar-refractivity contribution in [2.24, 2.45) is 0 Å². The van der Waals surface area contributed by atoms with Crippen LogP contribution in [0.5, 0.6) is 0 Å². The van der Waals surface area contributed by atoms with Gasteiger partial charge in [-0.05, 0) is 37.6 Å².